The van der Waals surface area contributed by atoms with Crippen LogP contribution in [-0.4, -0.2) is 55.3 Å². The van der Waals surface area contributed by atoms with Gasteiger partial charge >= 0.3 is 0 Å². The van der Waals surface area contributed by atoms with E-state index in [-0.39, 0.29) is 36.1 Å². The third-order valence-corrected chi connectivity index (χ3v) is 5.48. The molecule has 2 aliphatic heterocycles. The molecule has 2 fully saturated rings. The van der Waals surface area contributed by atoms with E-state index in [4.69, 9.17) is 24.5 Å². The van der Waals surface area contributed by atoms with Crippen molar-refractivity contribution in [1.82, 2.24) is 0 Å². The molecule has 0 aromatic carbocycles. The SMILES string of the molecule is COC1OC(C)C(OC2OC(C)C(O)C(C)C2C)C(C)C1N=[N+]=[N-]. The van der Waals surface area contributed by atoms with Gasteiger partial charge in [0.2, 0.25) is 0 Å². The summed E-state index contributed by atoms with van der Waals surface area (Å²) in [7, 11) is 1.53. The van der Waals surface area contributed by atoms with Gasteiger partial charge in [-0.1, -0.05) is 25.9 Å². The van der Waals surface area contributed by atoms with Gasteiger partial charge in [-0.05, 0) is 31.2 Å². The summed E-state index contributed by atoms with van der Waals surface area (Å²) < 4.78 is 23.2. The number of methoxy groups -OCH3 is 1. The summed E-state index contributed by atoms with van der Waals surface area (Å²) in [4.78, 5) is 2.91. The van der Waals surface area contributed by atoms with Crippen molar-refractivity contribution in [3.63, 3.8) is 0 Å². The van der Waals surface area contributed by atoms with E-state index in [1.165, 1.54) is 7.11 Å². The predicted molar refractivity (Wildman–Crippen MR) is 87.0 cm³/mol. The number of hydrogen-bond donors (Lipinski definition) is 1. The van der Waals surface area contributed by atoms with E-state index in [0.29, 0.717) is 0 Å². The second-order valence-electron chi connectivity index (χ2n) is 7.02. The molecule has 0 aliphatic carbocycles. The van der Waals surface area contributed by atoms with Crippen LogP contribution in [0.2, 0.25) is 0 Å². The maximum absolute atomic E-state index is 10.1. The highest BCUT2D eigenvalue weighted by Gasteiger charge is 2.46. The minimum Gasteiger partial charge on any atom is -0.390 e. The molecule has 0 amide bonds. The third-order valence-electron chi connectivity index (χ3n) is 5.48. The second-order valence-corrected chi connectivity index (χ2v) is 7.02. The molecule has 24 heavy (non-hydrogen) atoms. The van der Waals surface area contributed by atoms with Crippen LogP contribution in [-0.2, 0) is 18.9 Å². The van der Waals surface area contributed by atoms with Gasteiger partial charge in [-0.2, -0.15) is 0 Å². The van der Waals surface area contributed by atoms with Gasteiger partial charge in [-0.15, -0.1) is 0 Å². The maximum Gasteiger partial charge on any atom is 0.166 e. The lowest BCUT2D eigenvalue weighted by Gasteiger charge is -2.47. The average Bonchev–Trinajstić information content (AvgIpc) is 2.56. The number of aliphatic hydroxyl groups excluding tert-OH is 1. The molecular weight excluding hydrogens is 314 g/mol. The van der Waals surface area contributed by atoms with Crippen LogP contribution in [0.4, 0.5) is 0 Å². The van der Waals surface area contributed by atoms with Gasteiger partial charge in [0.15, 0.2) is 12.6 Å². The summed E-state index contributed by atoms with van der Waals surface area (Å²) >= 11 is 0. The van der Waals surface area contributed by atoms with E-state index < -0.39 is 24.7 Å². The van der Waals surface area contributed by atoms with E-state index in [9.17, 15) is 5.11 Å². The molecule has 2 rings (SSSR count). The van der Waals surface area contributed by atoms with Crippen molar-refractivity contribution >= 4 is 0 Å². The van der Waals surface area contributed by atoms with Crippen molar-refractivity contribution in [1.29, 1.82) is 0 Å². The molecule has 2 heterocycles. The zero-order valence-electron chi connectivity index (χ0n) is 15.2. The second kappa shape index (κ2) is 7.99. The van der Waals surface area contributed by atoms with E-state index in [1.807, 2.05) is 34.6 Å². The van der Waals surface area contributed by atoms with E-state index in [0.717, 1.165) is 0 Å². The Kier molecular flexibility index (Phi) is 6.47. The van der Waals surface area contributed by atoms with E-state index >= 15 is 0 Å². The molecule has 138 valence electrons. The first-order valence-electron chi connectivity index (χ1n) is 8.53. The minimum absolute atomic E-state index is 0.0358. The van der Waals surface area contributed by atoms with Crippen LogP contribution in [0.5, 0.6) is 0 Å². The Morgan fingerprint density at radius 3 is 2.17 bits per heavy atom. The summed E-state index contributed by atoms with van der Waals surface area (Å²) in [6, 6.07) is -0.472. The molecule has 1 N–H and O–H groups in total. The largest absolute Gasteiger partial charge is 0.390 e. The van der Waals surface area contributed by atoms with E-state index in [2.05, 4.69) is 10.0 Å². The van der Waals surface area contributed by atoms with Crippen LogP contribution in [0.15, 0.2) is 5.11 Å². The Morgan fingerprint density at radius 1 is 0.958 bits per heavy atom. The predicted octanol–water partition coefficient (Wildman–Crippen LogP) is 2.46. The number of hydrogen-bond acceptors (Lipinski definition) is 6. The lowest BCUT2D eigenvalue weighted by molar-refractivity contribution is -0.314. The number of ether oxygens (including phenoxy) is 4. The van der Waals surface area contributed by atoms with Crippen molar-refractivity contribution in [2.45, 2.75) is 77.7 Å². The first kappa shape index (κ1) is 19.4. The Bertz CT molecular complexity index is 473. The van der Waals surface area contributed by atoms with Crippen LogP contribution in [0.1, 0.15) is 34.6 Å². The van der Waals surface area contributed by atoms with Crippen molar-refractivity contribution in [2.24, 2.45) is 22.9 Å². The van der Waals surface area contributed by atoms with Crippen LogP contribution < -0.4 is 0 Å². The molecule has 8 nitrogen and oxygen atoms in total. The summed E-state index contributed by atoms with van der Waals surface area (Å²) in [6.07, 6.45) is -2.36. The Labute approximate surface area is 143 Å². The highest BCUT2D eigenvalue weighted by atomic mass is 16.7. The molecule has 0 aromatic heterocycles. The zero-order valence-corrected chi connectivity index (χ0v) is 15.2. The fraction of sp³-hybridized carbons (Fsp3) is 1.00. The monoisotopic (exact) mass is 343 g/mol. The molecule has 0 spiro atoms. The first-order chi connectivity index (χ1) is 11.3. The first-order valence-corrected chi connectivity index (χ1v) is 8.53. The summed E-state index contributed by atoms with van der Waals surface area (Å²) in [5, 5.41) is 14.0. The molecule has 2 aliphatic rings. The zero-order chi connectivity index (χ0) is 18.0. The summed E-state index contributed by atoms with van der Waals surface area (Å²) in [5.74, 6) is 0.00468. The molecule has 0 radical (unpaired) electrons. The molecule has 0 bridgehead atoms. The quantitative estimate of drug-likeness (QED) is 0.479. The van der Waals surface area contributed by atoms with E-state index in [1.54, 1.807) is 0 Å². The standard InChI is InChI=1S/C16H29N3O5/c1-7-8(2)15(22-10(4)13(7)20)24-14-9(3)12(18-19-17)16(21-6)23-11(14)5/h7-16,20H,1-6H3. The van der Waals surface area contributed by atoms with Crippen LogP contribution in [0, 0.1) is 17.8 Å². The molecular formula is C16H29N3O5. The fourth-order valence-corrected chi connectivity index (χ4v) is 3.60. The number of azide groups is 1. The number of rotatable bonds is 4. The smallest absolute Gasteiger partial charge is 0.166 e. The van der Waals surface area contributed by atoms with Crippen molar-refractivity contribution in [3.8, 4) is 0 Å². The maximum atomic E-state index is 10.1. The Morgan fingerprint density at radius 2 is 1.58 bits per heavy atom. The number of aliphatic hydroxyl groups is 1. The molecule has 0 saturated carbocycles. The van der Waals surface area contributed by atoms with Crippen LogP contribution in [0.3, 0.4) is 0 Å². The van der Waals surface area contributed by atoms with Crippen molar-refractivity contribution < 1.29 is 24.1 Å². The molecule has 0 aromatic rings. The summed E-state index contributed by atoms with van der Waals surface area (Å²) in [6.45, 7) is 9.72. The van der Waals surface area contributed by atoms with Gasteiger partial charge in [-0.3, -0.25) is 0 Å². The lowest BCUT2D eigenvalue weighted by Crippen LogP contribution is -2.56. The van der Waals surface area contributed by atoms with Crippen LogP contribution in [0.25, 0.3) is 10.4 Å². The molecule has 8 heteroatoms. The normalized spacial score (nSPS) is 49.5. The highest BCUT2D eigenvalue weighted by Crippen LogP contribution is 2.36. The Balaban J connectivity index is 2.14. The molecule has 10 atom stereocenters. The van der Waals surface area contributed by atoms with Crippen LogP contribution >= 0.6 is 0 Å². The Hall–Kier alpha value is -0.890. The minimum atomic E-state index is -0.588. The average molecular weight is 343 g/mol. The lowest BCUT2D eigenvalue weighted by atomic mass is 9.84. The highest BCUT2D eigenvalue weighted by molar-refractivity contribution is 4.92. The van der Waals surface area contributed by atoms with Gasteiger partial charge in [0.05, 0.1) is 30.5 Å². The topological polar surface area (TPSA) is 106 Å². The van der Waals surface area contributed by atoms with Crippen molar-refractivity contribution in [2.75, 3.05) is 7.11 Å². The number of nitrogens with zero attached hydrogens (tertiary/aromatic N) is 3. The van der Waals surface area contributed by atoms with Gasteiger partial charge in [0.1, 0.15) is 0 Å². The molecule has 2 saturated heterocycles. The molecule has 10 unspecified atom stereocenters. The van der Waals surface area contributed by atoms with Gasteiger partial charge in [0, 0.05) is 17.9 Å². The third kappa shape index (κ3) is 3.69. The fourth-order valence-electron chi connectivity index (χ4n) is 3.60. The van der Waals surface area contributed by atoms with Gasteiger partial charge in [0.25, 0.3) is 0 Å². The van der Waals surface area contributed by atoms with Crippen molar-refractivity contribution in [3.05, 3.63) is 10.4 Å². The summed E-state index contributed by atoms with van der Waals surface area (Å²) in [5.41, 5.74) is 8.82. The van der Waals surface area contributed by atoms with Gasteiger partial charge < -0.3 is 24.1 Å². The van der Waals surface area contributed by atoms with Gasteiger partial charge in [-0.25, -0.2) is 0 Å².